The number of carbonyl (C=O) groups is 1. The molecular formula is C12H12N2O3. The predicted molar refractivity (Wildman–Crippen MR) is 59.9 cm³/mol. The maximum atomic E-state index is 10.6. The Hall–Kier alpha value is -2.17. The van der Waals surface area contributed by atoms with E-state index in [0.29, 0.717) is 23.0 Å². The third kappa shape index (κ3) is 2.69. The van der Waals surface area contributed by atoms with Crippen LogP contribution in [0.5, 0.6) is 5.75 Å². The Bertz CT molecular complexity index is 522. The second-order valence-corrected chi connectivity index (χ2v) is 3.63. The van der Waals surface area contributed by atoms with E-state index in [1.54, 1.807) is 38.1 Å². The van der Waals surface area contributed by atoms with Gasteiger partial charge in [0, 0.05) is 5.56 Å². The smallest absolute Gasteiger partial charge is 0.267 e. The Kier molecular flexibility index (Phi) is 3.18. The van der Waals surface area contributed by atoms with Gasteiger partial charge in [0.15, 0.2) is 11.9 Å². The minimum atomic E-state index is -0.349. The molecule has 0 radical (unpaired) electrons. The molecular weight excluding hydrogens is 220 g/mol. The summed E-state index contributed by atoms with van der Waals surface area (Å²) in [5.74, 6) is 1.58. The molecule has 17 heavy (non-hydrogen) atoms. The number of benzene rings is 1. The van der Waals surface area contributed by atoms with Gasteiger partial charge in [-0.15, -0.1) is 0 Å². The van der Waals surface area contributed by atoms with Crippen LogP contribution in [0.2, 0.25) is 0 Å². The van der Waals surface area contributed by atoms with E-state index in [0.717, 1.165) is 6.29 Å². The van der Waals surface area contributed by atoms with E-state index in [1.807, 2.05) is 0 Å². The largest absolute Gasteiger partial charge is 0.481 e. The molecule has 0 N–H and O–H groups in total. The molecule has 1 atom stereocenters. The average Bonchev–Trinajstić information content (AvgIpc) is 2.76. The Balaban J connectivity index is 2.12. The molecule has 0 saturated heterocycles. The summed E-state index contributed by atoms with van der Waals surface area (Å²) in [5, 5.41) is 3.69. The lowest BCUT2D eigenvalue weighted by Gasteiger charge is -2.10. The standard InChI is InChI=1S/C12H12N2O3/c1-8(12-13-9(2)14-17-12)16-11-5-3-4-10(6-11)7-15/h3-8H,1-2H3. The first-order valence-electron chi connectivity index (χ1n) is 5.21. The summed E-state index contributed by atoms with van der Waals surface area (Å²) in [6, 6.07) is 6.89. The number of aryl methyl sites for hydroxylation is 1. The first-order valence-corrected chi connectivity index (χ1v) is 5.21. The zero-order valence-corrected chi connectivity index (χ0v) is 9.58. The third-order valence-electron chi connectivity index (χ3n) is 2.20. The van der Waals surface area contributed by atoms with E-state index in [9.17, 15) is 4.79 Å². The quantitative estimate of drug-likeness (QED) is 0.757. The molecule has 0 aliphatic rings. The predicted octanol–water partition coefficient (Wildman–Crippen LogP) is 2.33. The fourth-order valence-corrected chi connectivity index (χ4v) is 1.39. The van der Waals surface area contributed by atoms with Gasteiger partial charge in [0.2, 0.25) is 0 Å². The van der Waals surface area contributed by atoms with Gasteiger partial charge in [-0.25, -0.2) is 0 Å². The highest BCUT2D eigenvalue weighted by molar-refractivity contribution is 5.75. The first-order chi connectivity index (χ1) is 8.19. The van der Waals surface area contributed by atoms with Crippen molar-refractivity contribution in [1.29, 1.82) is 0 Å². The molecule has 2 rings (SSSR count). The van der Waals surface area contributed by atoms with Crippen LogP contribution in [0.4, 0.5) is 0 Å². The van der Waals surface area contributed by atoms with Crippen molar-refractivity contribution in [1.82, 2.24) is 10.1 Å². The molecule has 1 aromatic heterocycles. The van der Waals surface area contributed by atoms with E-state index < -0.39 is 0 Å². The van der Waals surface area contributed by atoms with Gasteiger partial charge in [0.05, 0.1) is 0 Å². The normalized spacial score (nSPS) is 12.1. The van der Waals surface area contributed by atoms with Crippen LogP contribution in [0.15, 0.2) is 28.8 Å². The van der Waals surface area contributed by atoms with E-state index >= 15 is 0 Å². The number of aldehydes is 1. The molecule has 0 aliphatic heterocycles. The summed E-state index contributed by atoms with van der Waals surface area (Å²) in [4.78, 5) is 14.7. The zero-order valence-electron chi connectivity index (χ0n) is 9.58. The summed E-state index contributed by atoms with van der Waals surface area (Å²) >= 11 is 0. The van der Waals surface area contributed by atoms with Gasteiger partial charge in [0.25, 0.3) is 5.89 Å². The van der Waals surface area contributed by atoms with Gasteiger partial charge in [0.1, 0.15) is 12.0 Å². The lowest BCUT2D eigenvalue weighted by Crippen LogP contribution is -2.03. The highest BCUT2D eigenvalue weighted by atomic mass is 16.5. The number of carbonyl (C=O) groups excluding carboxylic acids is 1. The monoisotopic (exact) mass is 232 g/mol. The van der Waals surface area contributed by atoms with Crippen LogP contribution in [-0.2, 0) is 0 Å². The Morgan fingerprint density at radius 1 is 1.47 bits per heavy atom. The zero-order chi connectivity index (χ0) is 12.3. The molecule has 0 amide bonds. The van der Waals surface area contributed by atoms with Gasteiger partial charge in [-0.1, -0.05) is 17.3 Å². The lowest BCUT2D eigenvalue weighted by atomic mass is 10.2. The van der Waals surface area contributed by atoms with Gasteiger partial charge in [-0.2, -0.15) is 4.98 Å². The van der Waals surface area contributed by atoms with Gasteiger partial charge < -0.3 is 9.26 Å². The fourth-order valence-electron chi connectivity index (χ4n) is 1.39. The van der Waals surface area contributed by atoms with Crippen LogP contribution in [0.1, 0.15) is 35.1 Å². The highest BCUT2D eigenvalue weighted by Crippen LogP contribution is 2.20. The summed E-state index contributed by atoms with van der Waals surface area (Å²) in [7, 11) is 0. The number of aromatic nitrogens is 2. The number of hydrogen-bond acceptors (Lipinski definition) is 5. The average molecular weight is 232 g/mol. The number of nitrogens with zero attached hydrogens (tertiary/aromatic N) is 2. The first kappa shape index (κ1) is 11.3. The molecule has 5 nitrogen and oxygen atoms in total. The van der Waals surface area contributed by atoms with Crippen LogP contribution < -0.4 is 4.74 Å². The maximum absolute atomic E-state index is 10.6. The molecule has 0 bridgehead atoms. The van der Waals surface area contributed by atoms with Crippen molar-refractivity contribution < 1.29 is 14.1 Å². The van der Waals surface area contributed by atoms with Crippen molar-refractivity contribution in [3.63, 3.8) is 0 Å². The Morgan fingerprint density at radius 3 is 2.94 bits per heavy atom. The third-order valence-corrected chi connectivity index (χ3v) is 2.20. The van der Waals surface area contributed by atoms with E-state index in [4.69, 9.17) is 9.26 Å². The SMILES string of the molecule is Cc1noc(C(C)Oc2cccc(C=O)c2)n1. The summed E-state index contributed by atoms with van der Waals surface area (Å²) in [6.07, 6.45) is 0.423. The molecule has 5 heteroatoms. The minimum Gasteiger partial charge on any atom is -0.481 e. The maximum Gasteiger partial charge on any atom is 0.267 e. The summed E-state index contributed by atoms with van der Waals surface area (Å²) in [6.45, 7) is 3.55. The molecule has 1 heterocycles. The van der Waals surface area contributed by atoms with Gasteiger partial charge >= 0.3 is 0 Å². The van der Waals surface area contributed by atoms with Gasteiger partial charge in [-0.3, -0.25) is 4.79 Å². The fraction of sp³-hybridized carbons (Fsp3) is 0.250. The van der Waals surface area contributed by atoms with E-state index in [1.165, 1.54) is 0 Å². The topological polar surface area (TPSA) is 65.2 Å². The van der Waals surface area contributed by atoms with Gasteiger partial charge in [-0.05, 0) is 26.0 Å². The van der Waals surface area contributed by atoms with Crippen molar-refractivity contribution in [2.75, 3.05) is 0 Å². The number of rotatable bonds is 4. The van der Waals surface area contributed by atoms with Crippen molar-refractivity contribution in [2.24, 2.45) is 0 Å². The van der Waals surface area contributed by atoms with Crippen LogP contribution in [0, 0.1) is 6.92 Å². The molecule has 0 aliphatic carbocycles. The van der Waals surface area contributed by atoms with Crippen LogP contribution >= 0.6 is 0 Å². The number of hydrogen-bond donors (Lipinski definition) is 0. The van der Waals surface area contributed by atoms with Crippen molar-refractivity contribution in [2.45, 2.75) is 20.0 Å². The second kappa shape index (κ2) is 4.78. The second-order valence-electron chi connectivity index (χ2n) is 3.63. The van der Waals surface area contributed by atoms with Crippen molar-refractivity contribution in [3.8, 4) is 5.75 Å². The minimum absolute atomic E-state index is 0.349. The molecule has 1 unspecified atom stereocenters. The molecule has 0 spiro atoms. The molecule has 2 aromatic rings. The molecule has 0 fully saturated rings. The highest BCUT2D eigenvalue weighted by Gasteiger charge is 2.14. The molecule has 0 saturated carbocycles. The van der Waals surface area contributed by atoms with E-state index in [2.05, 4.69) is 10.1 Å². The van der Waals surface area contributed by atoms with Crippen molar-refractivity contribution in [3.05, 3.63) is 41.5 Å². The number of ether oxygens (including phenoxy) is 1. The van der Waals surface area contributed by atoms with Crippen LogP contribution in [-0.4, -0.2) is 16.4 Å². The van der Waals surface area contributed by atoms with Crippen LogP contribution in [0.25, 0.3) is 0 Å². The molecule has 1 aromatic carbocycles. The molecule has 88 valence electrons. The van der Waals surface area contributed by atoms with Crippen LogP contribution in [0.3, 0.4) is 0 Å². The Morgan fingerprint density at radius 2 is 2.29 bits per heavy atom. The summed E-state index contributed by atoms with van der Waals surface area (Å²) < 4.78 is 10.6. The van der Waals surface area contributed by atoms with Crippen molar-refractivity contribution >= 4 is 6.29 Å². The lowest BCUT2D eigenvalue weighted by molar-refractivity contribution is 0.112. The summed E-state index contributed by atoms with van der Waals surface area (Å²) in [5.41, 5.74) is 0.566. The Labute approximate surface area is 98.4 Å². The van der Waals surface area contributed by atoms with E-state index in [-0.39, 0.29) is 6.10 Å².